The second-order valence-electron chi connectivity index (χ2n) is 6.22. The second-order valence-corrected chi connectivity index (χ2v) is 6.22. The molecule has 0 aliphatic heterocycles. The third kappa shape index (κ3) is 2.06. The number of aromatic nitrogens is 3. The van der Waals surface area contributed by atoms with Crippen LogP contribution in [-0.2, 0) is 0 Å². The van der Waals surface area contributed by atoms with Crippen LogP contribution in [0.3, 0.4) is 0 Å². The van der Waals surface area contributed by atoms with Crippen LogP contribution in [-0.4, -0.2) is 14.5 Å². The monoisotopic (exact) mass is 292 g/mol. The van der Waals surface area contributed by atoms with Crippen molar-refractivity contribution in [2.45, 2.75) is 38.6 Å². The molecule has 1 fully saturated rings. The summed E-state index contributed by atoms with van der Waals surface area (Å²) in [5, 5.41) is 0.986. The molecule has 0 bridgehead atoms. The van der Waals surface area contributed by atoms with Gasteiger partial charge >= 0.3 is 0 Å². The van der Waals surface area contributed by atoms with Gasteiger partial charge in [-0.15, -0.1) is 0 Å². The zero-order valence-electron chi connectivity index (χ0n) is 12.8. The molecule has 112 valence electrons. The number of benzene rings is 1. The SMILES string of the molecule is Cc1cccc(-c2cn(C3CCCC3)c3ncnc(N)c23)c1. The largest absolute Gasteiger partial charge is 0.383 e. The molecular formula is C18H20N4. The third-order valence-electron chi connectivity index (χ3n) is 4.69. The van der Waals surface area contributed by atoms with E-state index in [1.807, 2.05) is 0 Å². The van der Waals surface area contributed by atoms with Crippen molar-refractivity contribution in [3.8, 4) is 11.1 Å². The molecule has 2 aromatic heterocycles. The molecule has 0 unspecified atom stereocenters. The van der Waals surface area contributed by atoms with Gasteiger partial charge in [0.1, 0.15) is 17.8 Å². The van der Waals surface area contributed by atoms with Crippen molar-refractivity contribution in [1.29, 1.82) is 0 Å². The topological polar surface area (TPSA) is 56.7 Å². The van der Waals surface area contributed by atoms with Crippen molar-refractivity contribution in [1.82, 2.24) is 14.5 Å². The molecule has 0 radical (unpaired) electrons. The van der Waals surface area contributed by atoms with Crippen LogP contribution in [0.1, 0.15) is 37.3 Å². The summed E-state index contributed by atoms with van der Waals surface area (Å²) in [5.41, 5.74) is 10.7. The van der Waals surface area contributed by atoms with Crippen LogP contribution in [0, 0.1) is 6.92 Å². The number of nitrogens with zero attached hydrogens (tertiary/aromatic N) is 3. The molecular weight excluding hydrogens is 272 g/mol. The minimum atomic E-state index is 0.537. The van der Waals surface area contributed by atoms with Crippen molar-refractivity contribution in [3.05, 3.63) is 42.4 Å². The average Bonchev–Trinajstić information content (AvgIpc) is 3.15. The van der Waals surface area contributed by atoms with Crippen molar-refractivity contribution < 1.29 is 0 Å². The van der Waals surface area contributed by atoms with Gasteiger partial charge in [-0.05, 0) is 25.3 Å². The predicted molar refractivity (Wildman–Crippen MR) is 89.6 cm³/mol. The van der Waals surface area contributed by atoms with Crippen LogP contribution in [0.4, 0.5) is 5.82 Å². The Bertz CT molecular complexity index is 828. The Morgan fingerprint density at radius 1 is 1.18 bits per heavy atom. The van der Waals surface area contributed by atoms with Gasteiger partial charge in [0.25, 0.3) is 0 Å². The lowest BCUT2D eigenvalue weighted by Gasteiger charge is -2.12. The minimum absolute atomic E-state index is 0.537. The normalized spacial score (nSPS) is 15.7. The number of nitrogen functional groups attached to an aromatic ring is 1. The van der Waals surface area contributed by atoms with E-state index in [2.05, 4.69) is 51.9 Å². The van der Waals surface area contributed by atoms with E-state index in [9.17, 15) is 0 Å². The van der Waals surface area contributed by atoms with Gasteiger partial charge in [0.2, 0.25) is 0 Å². The van der Waals surface area contributed by atoms with E-state index in [0.29, 0.717) is 11.9 Å². The fourth-order valence-corrected chi connectivity index (χ4v) is 3.60. The van der Waals surface area contributed by atoms with Crippen LogP contribution >= 0.6 is 0 Å². The highest BCUT2D eigenvalue weighted by molar-refractivity contribution is 6.00. The van der Waals surface area contributed by atoms with Gasteiger partial charge in [0.15, 0.2) is 0 Å². The molecule has 4 rings (SSSR count). The van der Waals surface area contributed by atoms with E-state index in [4.69, 9.17) is 5.73 Å². The Kier molecular flexibility index (Phi) is 3.10. The van der Waals surface area contributed by atoms with Crippen LogP contribution < -0.4 is 5.73 Å². The Balaban J connectivity index is 1.98. The lowest BCUT2D eigenvalue weighted by Crippen LogP contribution is -2.04. The second kappa shape index (κ2) is 5.13. The Morgan fingerprint density at radius 2 is 2.00 bits per heavy atom. The number of nitrogens with two attached hydrogens (primary N) is 1. The lowest BCUT2D eigenvalue weighted by atomic mass is 10.0. The van der Waals surface area contributed by atoms with E-state index < -0.39 is 0 Å². The average molecular weight is 292 g/mol. The van der Waals surface area contributed by atoms with Crippen molar-refractivity contribution in [2.75, 3.05) is 5.73 Å². The first kappa shape index (κ1) is 13.3. The summed E-state index contributed by atoms with van der Waals surface area (Å²) in [5.74, 6) is 0.568. The third-order valence-corrected chi connectivity index (χ3v) is 4.69. The van der Waals surface area contributed by atoms with Crippen LogP contribution in [0.2, 0.25) is 0 Å². The minimum Gasteiger partial charge on any atom is -0.383 e. The predicted octanol–water partition coefficient (Wildman–Crippen LogP) is 4.10. The molecule has 4 nitrogen and oxygen atoms in total. The van der Waals surface area contributed by atoms with Gasteiger partial charge in [0, 0.05) is 17.8 Å². The van der Waals surface area contributed by atoms with Gasteiger partial charge < -0.3 is 10.3 Å². The van der Waals surface area contributed by atoms with E-state index >= 15 is 0 Å². The Hall–Kier alpha value is -2.36. The van der Waals surface area contributed by atoms with Gasteiger partial charge in [0.05, 0.1) is 5.39 Å². The van der Waals surface area contributed by atoms with Crippen molar-refractivity contribution in [2.24, 2.45) is 0 Å². The standard InChI is InChI=1S/C18H20N4/c1-12-5-4-6-13(9-12)15-10-22(14-7-2-3-8-14)18-16(15)17(19)20-11-21-18/h4-6,9-11,14H,2-3,7-8H2,1H3,(H2,19,20,21). The fourth-order valence-electron chi connectivity index (χ4n) is 3.60. The van der Waals surface area contributed by atoms with Gasteiger partial charge in [-0.3, -0.25) is 0 Å². The maximum Gasteiger partial charge on any atom is 0.146 e. The molecule has 0 atom stereocenters. The lowest BCUT2D eigenvalue weighted by molar-refractivity contribution is 0.532. The van der Waals surface area contributed by atoms with Gasteiger partial charge in [-0.1, -0.05) is 42.7 Å². The number of hydrogen-bond acceptors (Lipinski definition) is 3. The zero-order chi connectivity index (χ0) is 15.1. The van der Waals surface area contributed by atoms with Crippen LogP contribution in [0.15, 0.2) is 36.8 Å². The molecule has 1 aromatic carbocycles. The number of anilines is 1. The summed E-state index contributed by atoms with van der Waals surface area (Å²) < 4.78 is 2.32. The van der Waals surface area contributed by atoms with E-state index in [1.165, 1.54) is 36.8 Å². The molecule has 1 aliphatic rings. The van der Waals surface area contributed by atoms with Crippen LogP contribution in [0.25, 0.3) is 22.2 Å². The highest BCUT2D eigenvalue weighted by Gasteiger charge is 2.22. The number of rotatable bonds is 2. The molecule has 0 amide bonds. The summed E-state index contributed by atoms with van der Waals surface area (Å²) in [4.78, 5) is 8.74. The summed E-state index contributed by atoms with van der Waals surface area (Å²) in [6.07, 6.45) is 8.83. The van der Waals surface area contributed by atoms with Gasteiger partial charge in [-0.25, -0.2) is 9.97 Å². The van der Waals surface area contributed by atoms with Crippen LogP contribution in [0.5, 0.6) is 0 Å². The van der Waals surface area contributed by atoms with E-state index in [0.717, 1.165) is 16.6 Å². The maximum atomic E-state index is 6.18. The molecule has 22 heavy (non-hydrogen) atoms. The zero-order valence-corrected chi connectivity index (χ0v) is 12.8. The van der Waals surface area contributed by atoms with Gasteiger partial charge in [-0.2, -0.15) is 0 Å². The highest BCUT2D eigenvalue weighted by Crippen LogP contribution is 2.38. The summed E-state index contributed by atoms with van der Waals surface area (Å²) in [7, 11) is 0. The number of aryl methyl sites for hydroxylation is 1. The highest BCUT2D eigenvalue weighted by atomic mass is 15.1. The fraction of sp³-hybridized carbons (Fsp3) is 0.333. The first-order valence-electron chi connectivity index (χ1n) is 7.92. The number of fused-ring (bicyclic) bond motifs is 1. The Labute approximate surface area is 130 Å². The van der Waals surface area contributed by atoms with E-state index in [-0.39, 0.29) is 0 Å². The quantitative estimate of drug-likeness (QED) is 0.773. The summed E-state index contributed by atoms with van der Waals surface area (Å²) in [6.45, 7) is 2.11. The molecule has 2 N–H and O–H groups in total. The molecule has 1 aliphatic carbocycles. The maximum absolute atomic E-state index is 6.18. The van der Waals surface area contributed by atoms with Crippen molar-refractivity contribution >= 4 is 16.9 Å². The van der Waals surface area contributed by atoms with E-state index in [1.54, 1.807) is 6.33 Å². The molecule has 4 heteroatoms. The first-order valence-corrected chi connectivity index (χ1v) is 7.92. The molecule has 3 aromatic rings. The summed E-state index contributed by atoms with van der Waals surface area (Å²) >= 11 is 0. The Morgan fingerprint density at radius 3 is 2.77 bits per heavy atom. The summed E-state index contributed by atoms with van der Waals surface area (Å²) in [6, 6.07) is 9.06. The molecule has 2 heterocycles. The smallest absolute Gasteiger partial charge is 0.146 e. The molecule has 0 spiro atoms. The van der Waals surface area contributed by atoms with Crippen molar-refractivity contribution in [3.63, 3.8) is 0 Å². The molecule has 1 saturated carbocycles. The number of hydrogen-bond donors (Lipinski definition) is 1. The first-order chi connectivity index (χ1) is 10.7. The molecule has 0 saturated heterocycles.